The Morgan fingerprint density at radius 1 is 1.34 bits per heavy atom. The van der Waals surface area contributed by atoms with Gasteiger partial charge in [-0.05, 0) is 46.9 Å². The number of pyridine rings is 1. The van der Waals surface area contributed by atoms with Gasteiger partial charge in [-0.15, -0.1) is 0 Å². The van der Waals surface area contributed by atoms with Crippen molar-refractivity contribution in [1.29, 1.82) is 0 Å². The molecule has 0 aliphatic carbocycles. The zero-order valence-electron chi connectivity index (χ0n) is 16.9. The normalized spacial score (nSPS) is 11.6. The summed E-state index contributed by atoms with van der Waals surface area (Å²) in [5.74, 6) is -1.18. The number of fused-ring (bicyclic) bond motifs is 1. The van der Waals surface area contributed by atoms with Crippen LogP contribution in [0.25, 0.3) is 10.9 Å². The van der Waals surface area contributed by atoms with E-state index in [0.717, 1.165) is 6.26 Å². The fourth-order valence-corrected chi connectivity index (χ4v) is 3.99. The standard InChI is InChI=1S/C19H21FIN5O5S/c1-32(29,30)23-6-7-26-16-4-5-22-11-13(16)17(18(26)19(28)25-31-9-8-27)24-15-3-2-12(21)10-14(15)20/h2-5,10-11,23-24,27H,6-9H2,1H3,(H,25,28). The van der Waals surface area contributed by atoms with E-state index >= 15 is 0 Å². The summed E-state index contributed by atoms with van der Waals surface area (Å²) in [5, 5.41) is 12.4. The summed E-state index contributed by atoms with van der Waals surface area (Å²) in [4.78, 5) is 22.1. The molecule has 2 aromatic heterocycles. The van der Waals surface area contributed by atoms with E-state index in [4.69, 9.17) is 9.94 Å². The number of hydroxylamine groups is 1. The molecule has 0 atom stereocenters. The molecule has 2 heterocycles. The van der Waals surface area contributed by atoms with Gasteiger partial charge in [0, 0.05) is 34.4 Å². The Bertz CT molecular complexity index is 1230. The Morgan fingerprint density at radius 3 is 2.81 bits per heavy atom. The van der Waals surface area contributed by atoms with E-state index in [1.54, 1.807) is 22.8 Å². The number of benzene rings is 1. The molecule has 0 bridgehead atoms. The molecule has 1 aromatic carbocycles. The summed E-state index contributed by atoms with van der Waals surface area (Å²) in [5.41, 5.74) is 3.33. The van der Waals surface area contributed by atoms with Crippen LogP contribution in [0, 0.1) is 9.39 Å². The minimum absolute atomic E-state index is 0.0139. The number of carbonyl (C=O) groups excluding carboxylic acids is 1. The Labute approximate surface area is 197 Å². The monoisotopic (exact) mass is 577 g/mol. The first-order valence-electron chi connectivity index (χ1n) is 9.37. The Hall–Kier alpha value is -2.33. The average molecular weight is 577 g/mol. The molecule has 3 aromatic rings. The average Bonchev–Trinajstić information content (AvgIpc) is 3.03. The second-order valence-corrected chi connectivity index (χ2v) is 9.77. The highest BCUT2D eigenvalue weighted by Gasteiger charge is 2.24. The Morgan fingerprint density at radius 2 is 2.12 bits per heavy atom. The maximum atomic E-state index is 14.5. The molecule has 172 valence electrons. The fourth-order valence-electron chi connectivity index (χ4n) is 3.07. The molecule has 0 radical (unpaired) electrons. The van der Waals surface area contributed by atoms with Crippen molar-refractivity contribution in [2.75, 3.05) is 31.3 Å². The molecule has 0 fully saturated rings. The van der Waals surface area contributed by atoms with Gasteiger partial charge in [-0.2, -0.15) is 0 Å². The molecule has 0 saturated carbocycles. The van der Waals surface area contributed by atoms with Crippen molar-refractivity contribution in [3.63, 3.8) is 0 Å². The first kappa shape index (κ1) is 24.3. The van der Waals surface area contributed by atoms with Crippen molar-refractivity contribution in [3.05, 3.63) is 51.7 Å². The SMILES string of the molecule is CS(=O)(=O)NCCn1c(C(=O)NOCCO)c(Nc2ccc(I)cc2F)c2cnccc21. The van der Waals surface area contributed by atoms with Crippen LogP contribution >= 0.6 is 22.6 Å². The summed E-state index contributed by atoms with van der Waals surface area (Å²) in [6.45, 7) is -0.310. The van der Waals surface area contributed by atoms with Gasteiger partial charge < -0.3 is 15.0 Å². The minimum atomic E-state index is -3.44. The Balaban J connectivity index is 2.10. The van der Waals surface area contributed by atoms with E-state index in [0.29, 0.717) is 14.5 Å². The molecule has 4 N–H and O–H groups in total. The van der Waals surface area contributed by atoms with Gasteiger partial charge in [-0.3, -0.25) is 14.6 Å². The van der Waals surface area contributed by atoms with Crippen molar-refractivity contribution in [2.24, 2.45) is 0 Å². The number of carbonyl (C=O) groups is 1. The molecule has 3 rings (SSSR count). The van der Waals surface area contributed by atoms with E-state index in [2.05, 4.69) is 20.5 Å². The number of amides is 1. The lowest BCUT2D eigenvalue weighted by atomic mass is 10.2. The van der Waals surface area contributed by atoms with Gasteiger partial charge in [0.2, 0.25) is 10.0 Å². The number of hydrogen-bond donors (Lipinski definition) is 4. The lowest BCUT2D eigenvalue weighted by molar-refractivity contribution is 0.0163. The number of nitrogens with one attached hydrogen (secondary N) is 3. The summed E-state index contributed by atoms with van der Waals surface area (Å²) < 4.78 is 42.2. The predicted molar refractivity (Wildman–Crippen MR) is 125 cm³/mol. The van der Waals surface area contributed by atoms with Crippen LogP contribution in [0.4, 0.5) is 15.8 Å². The third kappa shape index (κ3) is 5.92. The fraction of sp³-hybridized carbons (Fsp3) is 0.263. The number of anilines is 2. The first-order chi connectivity index (χ1) is 15.2. The number of nitrogens with zero attached hydrogens (tertiary/aromatic N) is 2. The van der Waals surface area contributed by atoms with Crippen LogP contribution < -0.4 is 15.5 Å². The van der Waals surface area contributed by atoms with E-state index in [1.165, 1.54) is 18.5 Å². The highest BCUT2D eigenvalue weighted by atomic mass is 127. The molecule has 0 aliphatic rings. The summed E-state index contributed by atoms with van der Waals surface area (Å²) in [7, 11) is -3.44. The van der Waals surface area contributed by atoms with E-state index < -0.39 is 21.7 Å². The number of rotatable bonds is 10. The van der Waals surface area contributed by atoms with Gasteiger partial charge in [-0.1, -0.05) is 0 Å². The molecular weight excluding hydrogens is 556 g/mol. The highest BCUT2D eigenvalue weighted by Crippen LogP contribution is 2.34. The molecule has 13 heteroatoms. The number of sulfonamides is 1. The van der Waals surface area contributed by atoms with Crippen molar-refractivity contribution >= 4 is 60.8 Å². The summed E-state index contributed by atoms with van der Waals surface area (Å²) in [6.07, 6.45) is 4.09. The first-order valence-corrected chi connectivity index (χ1v) is 12.3. The maximum Gasteiger partial charge on any atom is 0.293 e. The van der Waals surface area contributed by atoms with Crippen molar-refractivity contribution in [3.8, 4) is 0 Å². The smallest absolute Gasteiger partial charge is 0.293 e. The van der Waals surface area contributed by atoms with E-state index in [-0.39, 0.29) is 43.4 Å². The molecule has 0 spiro atoms. The molecule has 0 unspecified atom stereocenters. The third-order valence-corrected chi connectivity index (χ3v) is 5.73. The lowest BCUT2D eigenvalue weighted by Crippen LogP contribution is -2.30. The molecule has 32 heavy (non-hydrogen) atoms. The van der Waals surface area contributed by atoms with Crippen LogP contribution in [0.5, 0.6) is 0 Å². The molecule has 1 amide bonds. The van der Waals surface area contributed by atoms with Gasteiger partial charge in [-0.25, -0.2) is 23.0 Å². The molecule has 0 saturated heterocycles. The van der Waals surface area contributed by atoms with Crippen LogP contribution in [0.3, 0.4) is 0 Å². The number of aliphatic hydroxyl groups excluding tert-OH is 1. The maximum absolute atomic E-state index is 14.5. The molecular formula is C19H21FIN5O5S. The second kappa shape index (κ2) is 10.5. The summed E-state index contributed by atoms with van der Waals surface area (Å²) in [6, 6.07) is 6.27. The zero-order valence-corrected chi connectivity index (χ0v) is 19.9. The number of aromatic nitrogens is 2. The van der Waals surface area contributed by atoms with Gasteiger partial charge >= 0.3 is 0 Å². The van der Waals surface area contributed by atoms with Gasteiger partial charge in [0.1, 0.15) is 11.5 Å². The van der Waals surface area contributed by atoms with Crippen LogP contribution in [-0.2, 0) is 21.4 Å². The molecule has 10 nitrogen and oxygen atoms in total. The quantitative estimate of drug-likeness (QED) is 0.164. The van der Waals surface area contributed by atoms with Crippen LogP contribution in [0.15, 0.2) is 36.7 Å². The van der Waals surface area contributed by atoms with Gasteiger partial charge in [0.15, 0.2) is 0 Å². The van der Waals surface area contributed by atoms with Crippen LogP contribution in [0.1, 0.15) is 10.5 Å². The van der Waals surface area contributed by atoms with E-state index in [9.17, 15) is 17.6 Å². The summed E-state index contributed by atoms with van der Waals surface area (Å²) >= 11 is 1.99. The largest absolute Gasteiger partial charge is 0.394 e. The minimum Gasteiger partial charge on any atom is -0.394 e. The second-order valence-electron chi connectivity index (χ2n) is 6.69. The number of halogens is 2. The zero-order chi connectivity index (χ0) is 23.3. The van der Waals surface area contributed by atoms with Crippen molar-refractivity contribution < 1.29 is 27.5 Å². The van der Waals surface area contributed by atoms with E-state index in [1.807, 2.05) is 22.6 Å². The molecule has 0 aliphatic heterocycles. The lowest BCUT2D eigenvalue weighted by Gasteiger charge is -2.14. The Kier molecular flexibility index (Phi) is 8.00. The van der Waals surface area contributed by atoms with Crippen LogP contribution in [0.2, 0.25) is 0 Å². The number of aliphatic hydroxyl groups is 1. The highest BCUT2D eigenvalue weighted by molar-refractivity contribution is 14.1. The number of hydrogen-bond acceptors (Lipinski definition) is 7. The van der Waals surface area contributed by atoms with Crippen molar-refractivity contribution in [1.82, 2.24) is 19.8 Å². The topological polar surface area (TPSA) is 135 Å². The third-order valence-electron chi connectivity index (χ3n) is 4.33. The predicted octanol–water partition coefficient (Wildman–Crippen LogP) is 1.73. The van der Waals surface area contributed by atoms with Gasteiger partial charge in [0.25, 0.3) is 5.91 Å². The van der Waals surface area contributed by atoms with Gasteiger partial charge in [0.05, 0.1) is 36.4 Å². The van der Waals surface area contributed by atoms with Crippen molar-refractivity contribution in [2.45, 2.75) is 6.54 Å². The van der Waals surface area contributed by atoms with Crippen LogP contribution in [-0.4, -0.2) is 55.0 Å².